The van der Waals surface area contributed by atoms with E-state index in [1.165, 1.54) is 18.3 Å². The number of hydrogen-bond donors (Lipinski definition) is 2. The molecule has 2 N–H and O–H groups in total. The highest BCUT2D eigenvalue weighted by molar-refractivity contribution is 9.10. The molecule has 3 fully saturated rings. The van der Waals surface area contributed by atoms with Gasteiger partial charge in [-0.15, -0.1) is 11.8 Å². The molecule has 10 heteroatoms. The fourth-order valence-electron chi connectivity index (χ4n) is 6.61. The van der Waals surface area contributed by atoms with Gasteiger partial charge in [-0.25, -0.2) is 4.79 Å². The highest BCUT2D eigenvalue weighted by Crippen LogP contribution is 2.68. The van der Waals surface area contributed by atoms with Gasteiger partial charge in [-0.05, 0) is 48.8 Å². The van der Waals surface area contributed by atoms with Gasteiger partial charge in [-0.1, -0.05) is 39.4 Å². The summed E-state index contributed by atoms with van der Waals surface area (Å²) in [5, 5.41) is 10.4. The van der Waals surface area contributed by atoms with Gasteiger partial charge in [0.05, 0.1) is 16.9 Å². The van der Waals surface area contributed by atoms with Crippen LogP contribution in [-0.2, 0) is 14.4 Å². The summed E-state index contributed by atoms with van der Waals surface area (Å²) >= 11 is 6.41. The van der Waals surface area contributed by atoms with Gasteiger partial charge < -0.3 is 10.1 Å². The summed E-state index contributed by atoms with van der Waals surface area (Å²) in [6.07, 6.45) is 0.786. The topological polar surface area (TPSA) is 108 Å². The molecular formula is C22H19BrN2O5S2. The van der Waals surface area contributed by atoms with Crippen LogP contribution in [0.1, 0.15) is 29.7 Å². The van der Waals surface area contributed by atoms with Crippen molar-refractivity contribution < 1.29 is 19.5 Å². The van der Waals surface area contributed by atoms with E-state index in [2.05, 4.69) is 33.0 Å². The zero-order valence-electron chi connectivity index (χ0n) is 16.9. The summed E-state index contributed by atoms with van der Waals surface area (Å²) in [7, 11) is 0. The number of hydrogen-bond acceptors (Lipinski definition) is 6. The van der Waals surface area contributed by atoms with E-state index < -0.39 is 23.8 Å². The van der Waals surface area contributed by atoms with E-state index in [1.807, 2.05) is 12.1 Å². The quantitative estimate of drug-likeness (QED) is 0.585. The van der Waals surface area contributed by atoms with Crippen LogP contribution in [0.5, 0.6) is 0 Å². The Labute approximate surface area is 199 Å². The minimum Gasteiger partial charge on any atom is -0.480 e. The van der Waals surface area contributed by atoms with E-state index >= 15 is 0 Å². The van der Waals surface area contributed by atoms with Crippen molar-refractivity contribution in [3.63, 3.8) is 0 Å². The summed E-state index contributed by atoms with van der Waals surface area (Å²) in [6, 6.07) is 6.89. The number of thioether (sulfide) groups is 1. The van der Waals surface area contributed by atoms with Crippen LogP contribution in [-0.4, -0.2) is 44.1 Å². The maximum absolute atomic E-state index is 13.3. The van der Waals surface area contributed by atoms with Gasteiger partial charge in [0.1, 0.15) is 6.04 Å². The summed E-state index contributed by atoms with van der Waals surface area (Å²) in [5.74, 6) is -2.73. The lowest BCUT2D eigenvalue weighted by atomic mass is 9.68. The van der Waals surface area contributed by atoms with Crippen LogP contribution in [0.2, 0.25) is 0 Å². The molecule has 7 nitrogen and oxygen atoms in total. The van der Waals surface area contributed by atoms with Crippen LogP contribution in [0, 0.1) is 29.6 Å². The minimum atomic E-state index is -1.17. The number of amides is 2. The molecule has 2 aromatic rings. The molecule has 166 valence electrons. The molecule has 2 aliphatic heterocycles. The number of aromatic nitrogens is 1. The van der Waals surface area contributed by atoms with Crippen LogP contribution in [0.15, 0.2) is 38.6 Å². The average Bonchev–Trinajstić information content (AvgIpc) is 3.46. The summed E-state index contributed by atoms with van der Waals surface area (Å²) in [5.41, 5.74) is 1.09. The number of carboxylic acid groups (broad SMARTS) is 1. The number of imide groups is 1. The SMILES string of the molecule is CC(C(=O)O)N1C(=O)C2C3CC(C2C1=O)C1C3Sc2[nH]c(=O)sc2[C@@H]1c1cccc(Br)c1. The number of benzene rings is 1. The van der Waals surface area contributed by atoms with Crippen molar-refractivity contribution in [2.45, 2.75) is 35.6 Å². The monoisotopic (exact) mass is 534 g/mol. The summed E-state index contributed by atoms with van der Waals surface area (Å²) in [6.45, 7) is 1.40. The largest absolute Gasteiger partial charge is 0.480 e. The third-order valence-electron chi connectivity index (χ3n) is 7.71. The van der Waals surface area contributed by atoms with Gasteiger partial charge in [0.25, 0.3) is 0 Å². The first-order chi connectivity index (χ1) is 15.3. The molecule has 1 aromatic heterocycles. The number of carboxylic acids is 1. The second-order valence-corrected chi connectivity index (χ2v) is 12.2. The third kappa shape index (κ3) is 2.66. The first kappa shape index (κ1) is 20.7. The van der Waals surface area contributed by atoms with Crippen molar-refractivity contribution in [2.75, 3.05) is 0 Å². The minimum absolute atomic E-state index is 0.00588. The Hall–Kier alpha value is -1.91. The molecule has 2 bridgehead atoms. The number of H-pyrrole nitrogens is 1. The second kappa shape index (κ2) is 7.04. The van der Waals surface area contributed by atoms with Gasteiger partial charge in [0.2, 0.25) is 11.8 Å². The van der Waals surface area contributed by atoms with Crippen molar-refractivity contribution in [3.05, 3.63) is 48.8 Å². The highest BCUT2D eigenvalue weighted by Gasteiger charge is 2.70. The zero-order chi connectivity index (χ0) is 22.5. The number of rotatable bonds is 3. The van der Waals surface area contributed by atoms with Crippen molar-refractivity contribution in [1.82, 2.24) is 9.88 Å². The first-order valence-electron chi connectivity index (χ1n) is 10.5. The van der Waals surface area contributed by atoms with Gasteiger partial charge in [0, 0.05) is 20.5 Å². The predicted molar refractivity (Wildman–Crippen MR) is 122 cm³/mol. The molecule has 2 saturated carbocycles. The molecule has 3 heterocycles. The Morgan fingerprint density at radius 2 is 1.94 bits per heavy atom. The molecule has 32 heavy (non-hydrogen) atoms. The fourth-order valence-corrected chi connectivity index (χ4v) is 9.91. The number of carbonyl (C=O) groups excluding carboxylic acids is 2. The standard InChI is InChI=1S/C22H19BrN2O5S2/c1-7(21(28)29)25-19(26)14-10-6-11(15(14)20(25)27)16-13(10)12(8-3-2-4-9(23)5-8)17-18(31-16)24-22(30)32-17/h2-5,7,10-16H,6H2,1H3,(H,24,30)(H,28,29)/t7?,10?,11?,12-,13?,14?,15?,16?/m1/s1. The first-order valence-corrected chi connectivity index (χ1v) is 13.0. The molecule has 7 unspecified atom stereocenters. The van der Waals surface area contributed by atoms with Gasteiger partial charge >= 0.3 is 10.8 Å². The summed E-state index contributed by atoms with van der Waals surface area (Å²) < 4.78 is 0.948. The summed E-state index contributed by atoms with van der Waals surface area (Å²) in [4.78, 5) is 55.2. The van der Waals surface area contributed by atoms with Gasteiger partial charge in [-0.3, -0.25) is 19.3 Å². The molecule has 1 saturated heterocycles. The smallest absolute Gasteiger partial charge is 0.326 e. The Balaban J connectivity index is 1.46. The third-order valence-corrected chi connectivity index (χ3v) is 10.8. The highest BCUT2D eigenvalue weighted by atomic mass is 79.9. The molecule has 2 amide bonds. The zero-order valence-corrected chi connectivity index (χ0v) is 20.1. The Kier molecular flexibility index (Phi) is 4.55. The number of aliphatic carboxylic acids is 1. The lowest BCUT2D eigenvalue weighted by molar-refractivity contribution is -0.154. The number of carbonyl (C=O) groups is 3. The molecule has 4 aliphatic rings. The maximum atomic E-state index is 13.3. The van der Waals surface area contributed by atoms with E-state index in [-0.39, 0.29) is 45.6 Å². The van der Waals surface area contributed by atoms with E-state index in [0.29, 0.717) is 0 Å². The van der Waals surface area contributed by atoms with Crippen molar-refractivity contribution >= 4 is 56.8 Å². The number of aromatic amines is 1. The molecule has 2 aliphatic carbocycles. The van der Waals surface area contributed by atoms with Crippen LogP contribution in [0.25, 0.3) is 0 Å². The average molecular weight is 535 g/mol. The van der Waals surface area contributed by atoms with Crippen molar-refractivity contribution in [2.24, 2.45) is 29.6 Å². The Morgan fingerprint density at radius 1 is 1.22 bits per heavy atom. The molecule has 1 aromatic carbocycles. The number of likely N-dealkylation sites (tertiary alicyclic amines) is 1. The lowest BCUT2D eigenvalue weighted by Gasteiger charge is -2.43. The number of nitrogens with one attached hydrogen (secondary N) is 1. The molecule has 8 atom stereocenters. The number of halogens is 1. The second-order valence-electron chi connectivity index (χ2n) is 9.08. The molecular weight excluding hydrogens is 516 g/mol. The predicted octanol–water partition coefficient (Wildman–Crippen LogP) is 3.15. The van der Waals surface area contributed by atoms with E-state index in [1.54, 1.807) is 11.8 Å². The number of nitrogens with zero attached hydrogens (tertiary/aromatic N) is 1. The maximum Gasteiger partial charge on any atom is 0.326 e. The van der Waals surface area contributed by atoms with E-state index in [0.717, 1.165) is 31.3 Å². The van der Waals surface area contributed by atoms with E-state index in [9.17, 15) is 24.3 Å². The van der Waals surface area contributed by atoms with Crippen LogP contribution in [0.3, 0.4) is 0 Å². The molecule has 0 spiro atoms. The van der Waals surface area contributed by atoms with E-state index in [4.69, 9.17) is 0 Å². The number of fused-ring (bicyclic) bond motifs is 9. The van der Waals surface area contributed by atoms with Gasteiger partial charge in [-0.2, -0.15) is 0 Å². The van der Waals surface area contributed by atoms with Crippen LogP contribution in [0.4, 0.5) is 0 Å². The lowest BCUT2D eigenvalue weighted by Crippen LogP contribution is -2.44. The van der Waals surface area contributed by atoms with Crippen LogP contribution >= 0.6 is 39.0 Å². The van der Waals surface area contributed by atoms with Crippen molar-refractivity contribution in [1.29, 1.82) is 0 Å². The van der Waals surface area contributed by atoms with Gasteiger partial charge in [0.15, 0.2) is 0 Å². The molecule has 0 radical (unpaired) electrons. The number of thiazole rings is 1. The normalized spacial score (nSPS) is 35.6. The fraction of sp³-hybridized carbons (Fsp3) is 0.455. The molecule has 6 rings (SSSR count). The van der Waals surface area contributed by atoms with Crippen LogP contribution < -0.4 is 4.87 Å². The Bertz CT molecular complexity index is 1240. The Morgan fingerprint density at radius 3 is 2.62 bits per heavy atom. The van der Waals surface area contributed by atoms with Crippen molar-refractivity contribution in [3.8, 4) is 0 Å².